The SMILES string of the molecule is C/C=C(/C(=O)OC)N(C(=O)OC(C)(C)C)S(=O)(=O)c1ccc(C)cc1. The van der Waals surface area contributed by atoms with Gasteiger partial charge in [-0.2, -0.15) is 4.31 Å². The molecule has 0 heterocycles. The molecular weight excluding hydrogens is 346 g/mol. The molecule has 0 aliphatic carbocycles. The number of hydrogen-bond donors (Lipinski definition) is 0. The number of sulfonamides is 1. The molecule has 25 heavy (non-hydrogen) atoms. The number of esters is 1. The van der Waals surface area contributed by atoms with Crippen LogP contribution in [0, 0.1) is 6.92 Å². The topological polar surface area (TPSA) is 90.0 Å². The van der Waals surface area contributed by atoms with Crippen LogP contribution in [-0.4, -0.2) is 37.5 Å². The van der Waals surface area contributed by atoms with Crippen molar-refractivity contribution in [3.05, 3.63) is 41.6 Å². The van der Waals surface area contributed by atoms with Crippen molar-refractivity contribution in [2.45, 2.75) is 45.1 Å². The molecule has 0 aliphatic heterocycles. The predicted octanol–water partition coefficient (Wildman–Crippen LogP) is 3.00. The minimum Gasteiger partial charge on any atom is -0.464 e. The minimum atomic E-state index is -4.37. The Morgan fingerprint density at radius 2 is 1.64 bits per heavy atom. The van der Waals surface area contributed by atoms with Gasteiger partial charge in [-0.25, -0.2) is 18.0 Å². The molecule has 0 N–H and O–H groups in total. The zero-order chi connectivity index (χ0) is 19.4. The smallest absolute Gasteiger partial charge is 0.429 e. The van der Waals surface area contributed by atoms with Gasteiger partial charge >= 0.3 is 12.1 Å². The molecule has 0 fully saturated rings. The predicted molar refractivity (Wildman–Crippen MR) is 92.2 cm³/mol. The molecule has 1 aromatic rings. The van der Waals surface area contributed by atoms with Crippen LogP contribution in [0.1, 0.15) is 33.3 Å². The van der Waals surface area contributed by atoms with Crippen LogP contribution >= 0.6 is 0 Å². The molecule has 1 amide bonds. The summed E-state index contributed by atoms with van der Waals surface area (Å²) in [5.74, 6) is -0.968. The molecule has 0 saturated heterocycles. The van der Waals surface area contributed by atoms with E-state index in [1.165, 1.54) is 25.1 Å². The lowest BCUT2D eigenvalue weighted by Crippen LogP contribution is -2.42. The average molecular weight is 369 g/mol. The van der Waals surface area contributed by atoms with Crippen LogP contribution in [-0.2, 0) is 24.3 Å². The number of ether oxygens (including phenoxy) is 2. The molecule has 138 valence electrons. The van der Waals surface area contributed by atoms with Gasteiger partial charge in [0.15, 0.2) is 0 Å². The van der Waals surface area contributed by atoms with Crippen molar-refractivity contribution in [3.8, 4) is 0 Å². The van der Waals surface area contributed by atoms with Gasteiger partial charge in [-0.05, 0) is 46.8 Å². The second-order valence-electron chi connectivity index (χ2n) is 6.23. The third-order valence-corrected chi connectivity index (χ3v) is 4.70. The van der Waals surface area contributed by atoms with E-state index in [0.717, 1.165) is 12.7 Å². The number of nitrogens with zero attached hydrogens (tertiary/aromatic N) is 1. The fourth-order valence-corrected chi connectivity index (χ4v) is 3.23. The van der Waals surface area contributed by atoms with Crippen molar-refractivity contribution in [3.63, 3.8) is 0 Å². The molecule has 1 aromatic carbocycles. The van der Waals surface area contributed by atoms with Crippen molar-refractivity contribution in [1.82, 2.24) is 4.31 Å². The van der Waals surface area contributed by atoms with Crippen LogP contribution in [0.3, 0.4) is 0 Å². The maximum absolute atomic E-state index is 13.0. The van der Waals surface area contributed by atoms with Crippen LogP contribution in [0.2, 0.25) is 0 Å². The van der Waals surface area contributed by atoms with Crippen molar-refractivity contribution in [2.75, 3.05) is 7.11 Å². The molecule has 1 rings (SSSR count). The number of carbonyl (C=O) groups is 2. The van der Waals surface area contributed by atoms with Gasteiger partial charge in [-0.15, -0.1) is 0 Å². The maximum Gasteiger partial charge on any atom is 0.429 e. The summed E-state index contributed by atoms with van der Waals surface area (Å²) in [6, 6.07) is 5.89. The molecule has 0 aliphatic rings. The third-order valence-electron chi connectivity index (χ3n) is 3.01. The van der Waals surface area contributed by atoms with Crippen molar-refractivity contribution in [1.29, 1.82) is 0 Å². The molecule has 0 atom stereocenters. The summed E-state index contributed by atoms with van der Waals surface area (Å²) in [6.45, 7) is 8.00. The number of amides is 1. The van der Waals surface area contributed by atoms with Crippen LogP contribution in [0.5, 0.6) is 0 Å². The van der Waals surface area contributed by atoms with Gasteiger partial charge in [0.05, 0.1) is 12.0 Å². The first kappa shape index (κ1) is 20.7. The second-order valence-corrected chi connectivity index (χ2v) is 8.02. The monoisotopic (exact) mass is 369 g/mol. The van der Waals surface area contributed by atoms with E-state index in [-0.39, 0.29) is 4.90 Å². The Morgan fingerprint density at radius 3 is 2.04 bits per heavy atom. The summed E-state index contributed by atoms with van der Waals surface area (Å²) in [4.78, 5) is 24.4. The highest BCUT2D eigenvalue weighted by Gasteiger charge is 2.38. The van der Waals surface area contributed by atoms with E-state index in [1.54, 1.807) is 39.8 Å². The van der Waals surface area contributed by atoms with Gasteiger partial charge < -0.3 is 9.47 Å². The Hall–Kier alpha value is -2.35. The highest BCUT2D eigenvalue weighted by molar-refractivity contribution is 7.89. The normalized spacial score (nSPS) is 12.5. The molecule has 8 heteroatoms. The highest BCUT2D eigenvalue weighted by Crippen LogP contribution is 2.24. The van der Waals surface area contributed by atoms with Gasteiger partial charge in [-0.1, -0.05) is 23.8 Å². The average Bonchev–Trinajstić information content (AvgIpc) is 2.49. The van der Waals surface area contributed by atoms with Crippen LogP contribution in [0.4, 0.5) is 4.79 Å². The lowest BCUT2D eigenvalue weighted by molar-refractivity contribution is -0.137. The van der Waals surface area contributed by atoms with Crippen LogP contribution in [0.25, 0.3) is 0 Å². The molecule has 0 spiro atoms. The van der Waals surface area contributed by atoms with Crippen LogP contribution in [0.15, 0.2) is 40.9 Å². The number of aryl methyl sites for hydroxylation is 1. The minimum absolute atomic E-state index is 0.146. The Bertz CT molecular complexity index is 772. The summed E-state index contributed by atoms with van der Waals surface area (Å²) < 4.78 is 36.0. The summed E-state index contributed by atoms with van der Waals surface area (Å²) in [7, 11) is -3.27. The van der Waals surface area contributed by atoms with Gasteiger partial charge in [0.25, 0.3) is 10.0 Å². The zero-order valence-corrected chi connectivity index (χ0v) is 16.0. The largest absolute Gasteiger partial charge is 0.464 e. The maximum atomic E-state index is 13.0. The number of carbonyl (C=O) groups excluding carboxylic acids is 2. The van der Waals surface area contributed by atoms with Gasteiger partial charge in [-0.3, -0.25) is 0 Å². The van der Waals surface area contributed by atoms with Crippen molar-refractivity contribution in [2.24, 2.45) is 0 Å². The molecule has 7 nitrogen and oxygen atoms in total. The van der Waals surface area contributed by atoms with E-state index in [0.29, 0.717) is 4.31 Å². The molecule has 0 bridgehead atoms. The Balaban J connectivity index is 3.52. The molecule has 0 unspecified atom stereocenters. The third kappa shape index (κ3) is 5.06. The van der Waals surface area contributed by atoms with Gasteiger partial charge in [0, 0.05) is 0 Å². The van der Waals surface area contributed by atoms with E-state index < -0.39 is 33.4 Å². The fraction of sp³-hybridized carbons (Fsp3) is 0.412. The fourth-order valence-electron chi connectivity index (χ4n) is 1.87. The Morgan fingerprint density at radius 1 is 1.12 bits per heavy atom. The van der Waals surface area contributed by atoms with Crippen LogP contribution < -0.4 is 0 Å². The highest BCUT2D eigenvalue weighted by atomic mass is 32.2. The Labute approximate surface area is 148 Å². The standard InChI is InChI=1S/C17H23NO6S/c1-7-14(15(19)23-6)18(16(20)24-17(3,4)5)25(21,22)13-10-8-12(2)9-11-13/h7-11H,1-6H3/b14-7-. The molecule has 0 saturated carbocycles. The molecule has 0 aromatic heterocycles. The first-order valence-corrected chi connectivity index (χ1v) is 8.97. The van der Waals surface area contributed by atoms with E-state index in [4.69, 9.17) is 4.74 Å². The zero-order valence-electron chi connectivity index (χ0n) is 15.2. The number of hydrogen-bond acceptors (Lipinski definition) is 6. The first-order chi connectivity index (χ1) is 11.4. The summed E-state index contributed by atoms with van der Waals surface area (Å²) in [5, 5.41) is 0. The van der Waals surface area contributed by atoms with E-state index in [2.05, 4.69) is 4.74 Å². The lowest BCUT2D eigenvalue weighted by Gasteiger charge is -2.27. The van der Waals surface area contributed by atoms with E-state index in [1.807, 2.05) is 0 Å². The lowest BCUT2D eigenvalue weighted by atomic mass is 10.2. The summed E-state index contributed by atoms with van der Waals surface area (Å²) in [5.41, 5.74) is -0.549. The number of methoxy groups -OCH3 is 1. The molecule has 0 radical (unpaired) electrons. The van der Waals surface area contributed by atoms with Gasteiger partial charge in [0.1, 0.15) is 11.3 Å². The summed E-state index contributed by atoms with van der Waals surface area (Å²) >= 11 is 0. The van der Waals surface area contributed by atoms with Gasteiger partial charge in [0.2, 0.25) is 0 Å². The number of benzene rings is 1. The Kier molecular flexibility index (Phi) is 6.37. The van der Waals surface area contributed by atoms with E-state index in [9.17, 15) is 18.0 Å². The van der Waals surface area contributed by atoms with Crippen molar-refractivity contribution >= 4 is 22.1 Å². The first-order valence-electron chi connectivity index (χ1n) is 7.53. The number of allylic oxidation sites excluding steroid dienone is 1. The van der Waals surface area contributed by atoms with Crippen molar-refractivity contribution < 1.29 is 27.5 Å². The quantitative estimate of drug-likeness (QED) is 0.599. The second kappa shape index (κ2) is 7.69. The molecular formula is C17H23NO6S. The summed E-state index contributed by atoms with van der Waals surface area (Å²) in [6.07, 6.45) is -0.00632. The van der Waals surface area contributed by atoms with E-state index >= 15 is 0 Å². The number of rotatable bonds is 4.